The van der Waals surface area contributed by atoms with Crippen LogP contribution in [-0.2, 0) is 0 Å². The van der Waals surface area contributed by atoms with Crippen LogP contribution in [0.25, 0.3) is 5.69 Å². The first-order valence-corrected chi connectivity index (χ1v) is 8.23. The topological polar surface area (TPSA) is 88.9 Å². The molecule has 0 unspecified atom stereocenters. The molecule has 3 aromatic rings. The Hall–Kier alpha value is -3.48. The fraction of sp³-hybridized carbons (Fsp3) is 0.158. The molecule has 0 bridgehead atoms. The van der Waals surface area contributed by atoms with Gasteiger partial charge < -0.3 is 10.6 Å². The van der Waals surface area contributed by atoms with Gasteiger partial charge in [-0.05, 0) is 43.3 Å². The molecule has 0 saturated heterocycles. The fourth-order valence-corrected chi connectivity index (χ4v) is 2.45. The maximum atomic E-state index is 12.1. The van der Waals surface area contributed by atoms with Crippen LogP contribution in [0.1, 0.15) is 26.3 Å². The molecule has 0 aliphatic rings. The maximum absolute atomic E-state index is 12.1. The predicted octanol–water partition coefficient (Wildman–Crippen LogP) is 1.74. The standard InChI is InChI=1S/C19H19N5O2/c1-14-3-2-4-16(13-14)19(26)21-10-9-20-18(25)15-5-7-17(8-6-15)24-12-11-22-23-24/h2-8,11-13H,9-10H2,1H3,(H,20,25)(H,21,26). The Morgan fingerprint density at radius 2 is 1.65 bits per heavy atom. The van der Waals surface area contributed by atoms with Gasteiger partial charge in [-0.15, -0.1) is 5.10 Å². The van der Waals surface area contributed by atoms with Gasteiger partial charge in [0.15, 0.2) is 0 Å². The number of hydrogen-bond acceptors (Lipinski definition) is 4. The van der Waals surface area contributed by atoms with Crippen LogP contribution < -0.4 is 10.6 Å². The molecule has 0 aliphatic heterocycles. The van der Waals surface area contributed by atoms with E-state index in [4.69, 9.17) is 0 Å². The maximum Gasteiger partial charge on any atom is 0.251 e. The van der Waals surface area contributed by atoms with Crippen molar-refractivity contribution in [3.05, 3.63) is 77.6 Å². The van der Waals surface area contributed by atoms with Gasteiger partial charge in [0, 0.05) is 24.2 Å². The smallest absolute Gasteiger partial charge is 0.251 e. The summed E-state index contributed by atoms with van der Waals surface area (Å²) in [5.74, 6) is -0.347. The highest BCUT2D eigenvalue weighted by Gasteiger charge is 2.07. The van der Waals surface area contributed by atoms with E-state index in [-0.39, 0.29) is 11.8 Å². The molecule has 0 radical (unpaired) electrons. The molecule has 0 spiro atoms. The van der Waals surface area contributed by atoms with Crippen LogP contribution in [0, 0.1) is 6.92 Å². The molecule has 2 N–H and O–H groups in total. The van der Waals surface area contributed by atoms with Gasteiger partial charge in [-0.1, -0.05) is 22.9 Å². The van der Waals surface area contributed by atoms with Crippen LogP contribution in [0.4, 0.5) is 0 Å². The average molecular weight is 349 g/mol. The monoisotopic (exact) mass is 349 g/mol. The number of carbonyl (C=O) groups is 2. The first kappa shape index (κ1) is 17.3. The minimum Gasteiger partial charge on any atom is -0.350 e. The van der Waals surface area contributed by atoms with Crippen LogP contribution in [0.2, 0.25) is 0 Å². The highest BCUT2D eigenvalue weighted by Crippen LogP contribution is 2.08. The minimum atomic E-state index is -0.194. The Morgan fingerprint density at radius 3 is 2.27 bits per heavy atom. The number of hydrogen-bond donors (Lipinski definition) is 2. The first-order chi connectivity index (χ1) is 12.6. The molecule has 1 aromatic heterocycles. The first-order valence-electron chi connectivity index (χ1n) is 8.23. The van der Waals surface area contributed by atoms with E-state index in [1.165, 1.54) is 0 Å². The second-order valence-corrected chi connectivity index (χ2v) is 5.78. The molecule has 0 aliphatic carbocycles. The molecule has 1 heterocycles. The summed E-state index contributed by atoms with van der Waals surface area (Å²) >= 11 is 0. The molecule has 0 fully saturated rings. The van der Waals surface area contributed by atoms with Crippen molar-refractivity contribution >= 4 is 11.8 Å². The van der Waals surface area contributed by atoms with Gasteiger partial charge >= 0.3 is 0 Å². The van der Waals surface area contributed by atoms with E-state index in [2.05, 4.69) is 20.9 Å². The van der Waals surface area contributed by atoms with Crippen LogP contribution in [0.5, 0.6) is 0 Å². The van der Waals surface area contributed by atoms with E-state index in [9.17, 15) is 9.59 Å². The molecular weight excluding hydrogens is 330 g/mol. The number of rotatable bonds is 6. The van der Waals surface area contributed by atoms with Gasteiger partial charge in [0.05, 0.1) is 18.1 Å². The summed E-state index contributed by atoms with van der Waals surface area (Å²) in [6.45, 7) is 2.64. The van der Waals surface area contributed by atoms with Gasteiger partial charge in [-0.3, -0.25) is 9.59 Å². The van der Waals surface area contributed by atoms with E-state index >= 15 is 0 Å². The molecule has 132 valence electrons. The Bertz CT molecular complexity index is 889. The summed E-state index contributed by atoms with van der Waals surface area (Å²) < 4.78 is 1.61. The second kappa shape index (κ2) is 8.06. The Morgan fingerprint density at radius 1 is 0.962 bits per heavy atom. The van der Waals surface area contributed by atoms with Crippen molar-refractivity contribution in [2.75, 3.05) is 13.1 Å². The summed E-state index contributed by atoms with van der Waals surface area (Å²) in [5.41, 5.74) is 3.00. The Labute approximate surface area is 151 Å². The number of aryl methyl sites for hydroxylation is 1. The zero-order valence-electron chi connectivity index (χ0n) is 14.3. The number of aromatic nitrogens is 3. The van der Waals surface area contributed by atoms with Crippen LogP contribution in [0.3, 0.4) is 0 Å². The number of benzene rings is 2. The molecule has 2 aromatic carbocycles. The molecule has 26 heavy (non-hydrogen) atoms. The molecule has 0 saturated carbocycles. The Kier molecular flexibility index (Phi) is 5.38. The quantitative estimate of drug-likeness (QED) is 0.664. The fourth-order valence-electron chi connectivity index (χ4n) is 2.45. The normalized spacial score (nSPS) is 10.3. The summed E-state index contributed by atoms with van der Waals surface area (Å²) in [4.78, 5) is 24.2. The zero-order chi connectivity index (χ0) is 18.4. The van der Waals surface area contributed by atoms with Crippen molar-refractivity contribution in [3.8, 4) is 5.69 Å². The minimum absolute atomic E-state index is 0.153. The third-order valence-corrected chi connectivity index (χ3v) is 3.79. The highest BCUT2D eigenvalue weighted by molar-refractivity contribution is 5.95. The predicted molar refractivity (Wildman–Crippen MR) is 97.2 cm³/mol. The number of nitrogens with zero attached hydrogens (tertiary/aromatic N) is 3. The lowest BCUT2D eigenvalue weighted by molar-refractivity contribution is 0.0927. The van der Waals surface area contributed by atoms with E-state index < -0.39 is 0 Å². The molecule has 0 atom stereocenters. The number of nitrogens with one attached hydrogen (secondary N) is 2. The summed E-state index contributed by atoms with van der Waals surface area (Å²) in [5, 5.41) is 13.2. The number of carbonyl (C=O) groups excluding carboxylic acids is 2. The van der Waals surface area contributed by atoms with Gasteiger partial charge in [-0.2, -0.15) is 0 Å². The van der Waals surface area contributed by atoms with Crippen LogP contribution in [0.15, 0.2) is 60.9 Å². The van der Waals surface area contributed by atoms with Crippen molar-refractivity contribution < 1.29 is 9.59 Å². The zero-order valence-corrected chi connectivity index (χ0v) is 14.3. The van der Waals surface area contributed by atoms with Gasteiger partial charge in [0.25, 0.3) is 11.8 Å². The lowest BCUT2D eigenvalue weighted by Gasteiger charge is -2.08. The van der Waals surface area contributed by atoms with Gasteiger partial charge in [0.1, 0.15) is 0 Å². The van der Waals surface area contributed by atoms with E-state index in [0.29, 0.717) is 24.2 Å². The van der Waals surface area contributed by atoms with Crippen molar-refractivity contribution in [1.82, 2.24) is 25.6 Å². The van der Waals surface area contributed by atoms with Crippen LogP contribution >= 0.6 is 0 Å². The van der Waals surface area contributed by atoms with Crippen molar-refractivity contribution in [2.45, 2.75) is 6.92 Å². The Balaban J connectivity index is 1.46. The van der Waals surface area contributed by atoms with Crippen molar-refractivity contribution in [3.63, 3.8) is 0 Å². The second-order valence-electron chi connectivity index (χ2n) is 5.78. The molecule has 2 amide bonds. The molecule has 3 rings (SSSR count). The molecular formula is C19H19N5O2. The highest BCUT2D eigenvalue weighted by atomic mass is 16.2. The molecule has 7 heteroatoms. The summed E-state index contributed by atoms with van der Waals surface area (Å²) in [7, 11) is 0. The van der Waals surface area contributed by atoms with Gasteiger partial charge in [-0.25, -0.2) is 4.68 Å². The van der Waals surface area contributed by atoms with Gasteiger partial charge in [0.2, 0.25) is 0 Å². The lowest BCUT2D eigenvalue weighted by atomic mass is 10.1. The van der Waals surface area contributed by atoms with Crippen LogP contribution in [-0.4, -0.2) is 39.9 Å². The third kappa shape index (κ3) is 4.32. The van der Waals surface area contributed by atoms with E-state index in [0.717, 1.165) is 11.3 Å². The number of amides is 2. The van der Waals surface area contributed by atoms with E-state index in [1.54, 1.807) is 47.4 Å². The molecule has 7 nitrogen and oxygen atoms in total. The van der Waals surface area contributed by atoms with E-state index in [1.807, 2.05) is 25.1 Å². The average Bonchev–Trinajstić information content (AvgIpc) is 3.20. The van der Waals surface area contributed by atoms with Crippen molar-refractivity contribution in [2.24, 2.45) is 0 Å². The SMILES string of the molecule is Cc1cccc(C(=O)NCCNC(=O)c2ccc(-n3ccnn3)cc2)c1. The third-order valence-electron chi connectivity index (χ3n) is 3.79. The summed E-state index contributed by atoms with van der Waals surface area (Å²) in [6.07, 6.45) is 3.32. The lowest BCUT2D eigenvalue weighted by Crippen LogP contribution is -2.34. The summed E-state index contributed by atoms with van der Waals surface area (Å²) in [6, 6.07) is 14.4. The van der Waals surface area contributed by atoms with Crippen molar-refractivity contribution in [1.29, 1.82) is 0 Å². The largest absolute Gasteiger partial charge is 0.350 e.